The summed E-state index contributed by atoms with van der Waals surface area (Å²) in [6.45, 7) is 1.05. The van der Waals surface area contributed by atoms with Crippen LogP contribution in [0.3, 0.4) is 0 Å². The van der Waals surface area contributed by atoms with Crippen LogP contribution in [-0.2, 0) is 19.6 Å². The van der Waals surface area contributed by atoms with Crippen molar-refractivity contribution in [2.75, 3.05) is 26.7 Å². The fourth-order valence-electron chi connectivity index (χ4n) is 3.43. The van der Waals surface area contributed by atoms with Gasteiger partial charge in [-0.1, -0.05) is 18.2 Å². The molecule has 0 aliphatic carbocycles. The SMILES string of the molecule is CNC(=O)[C@@]12CCO[C@@H]1CCN(S(=O)(=O)c1ccccc1)C2. The number of hydrogen-bond acceptors (Lipinski definition) is 4. The zero-order valence-electron chi connectivity index (χ0n) is 12.5. The number of carbonyl (C=O) groups excluding carboxylic acids is 1. The molecule has 6 nitrogen and oxygen atoms in total. The van der Waals surface area contributed by atoms with Crippen LogP contribution >= 0.6 is 0 Å². The van der Waals surface area contributed by atoms with E-state index in [1.54, 1.807) is 37.4 Å². The summed E-state index contributed by atoms with van der Waals surface area (Å²) in [6, 6.07) is 8.35. The Morgan fingerprint density at radius 3 is 2.77 bits per heavy atom. The van der Waals surface area contributed by atoms with Crippen molar-refractivity contribution in [1.82, 2.24) is 9.62 Å². The third kappa shape index (κ3) is 2.33. The van der Waals surface area contributed by atoms with Gasteiger partial charge in [-0.3, -0.25) is 4.79 Å². The maximum absolute atomic E-state index is 12.8. The van der Waals surface area contributed by atoms with Crippen LogP contribution in [0.5, 0.6) is 0 Å². The van der Waals surface area contributed by atoms with Gasteiger partial charge in [-0.2, -0.15) is 4.31 Å². The van der Waals surface area contributed by atoms with Crippen LogP contribution in [0.25, 0.3) is 0 Å². The molecule has 0 aromatic heterocycles. The molecule has 0 radical (unpaired) electrons. The van der Waals surface area contributed by atoms with Crippen LogP contribution in [0.15, 0.2) is 35.2 Å². The molecule has 0 unspecified atom stereocenters. The Balaban J connectivity index is 1.93. The van der Waals surface area contributed by atoms with Crippen LogP contribution in [0, 0.1) is 5.41 Å². The van der Waals surface area contributed by atoms with E-state index in [-0.39, 0.29) is 23.5 Å². The number of amides is 1. The third-order valence-corrected chi connectivity index (χ3v) is 6.50. The van der Waals surface area contributed by atoms with Crippen molar-refractivity contribution in [1.29, 1.82) is 0 Å². The van der Waals surface area contributed by atoms with E-state index < -0.39 is 15.4 Å². The molecular formula is C15H20N2O4S. The molecule has 1 aromatic rings. The van der Waals surface area contributed by atoms with Gasteiger partial charge in [0, 0.05) is 26.7 Å². The Bertz CT molecular complexity index is 661. The average Bonchev–Trinajstić information content (AvgIpc) is 2.99. The van der Waals surface area contributed by atoms with Crippen molar-refractivity contribution in [3.63, 3.8) is 0 Å². The minimum Gasteiger partial charge on any atom is -0.377 e. The number of sulfonamides is 1. The van der Waals surface area contributed by atoms with Gasteiger partial charge < -0.3 is 10.1 Å². The lowest BCUT2D eigenvalue weighted by molar-refractivity contribution is -0.136. The van der Waals surface area contributed by atoms with Gasteiger partial charge >= 0.3 is 0 Å². The number of benzene rings is 1. The van der Waals surface area contributed by atoms with Gasteiger partial charge in [0.1, 0.15) is 0 Å². The minimum absolute atomic E-state index is 0.136. The lowest BCUT2D eigenvalue weighted by atomic mass is 9.76. The number of hydrogen-bond donors (Lipinski definition) is 1. The quantitative estimate of drug-likeness (QED) is 0.883. The number of ether oxygens (including phenoxy) is 1. The molecule has 0 saturated carbocycles. The van der Waals surface area contributed by atoms with E-state index in [0.29, 0.717) is 26.0 Å². The monoisotopic (exact) mass is 324 g/mol. The first-order chi connectivity index (χ1) is 10.5. The number of carbonyl (C=O) groups is 1. The Morgan fingerprint density at radius 1 is 1.36 bits per heavy atom. The smallest absolute Gasteiger partial charge is 0.243 e. The van der Waals surface area contributed by atoms with Crippen LogP contribution in [-0.4, -0.2) is 51.5 Å². The summed E-state index contributed by atoms with van der Waals surface area (Å²) in [5.74, 6) is -0.136. The van der Waals surface area contributed by atoms with Crippen LogP contribution in [0.2, 0.25) is 0 Å². The van der Waals surface area contributed by atoms with Gasteiger partial charge in [0.2, 0.25) is 15.9 Å². The summed E-state index contributed by atoms with van der Waals surface area (Å²) in [6.07, 6.45) is 0.895. The second-order valence-electron chi connectivity index (χ2n) is 5.79. The first-order valence-electron chi connectivity index (χ1n) is 7.40. The fraction of sp³-hybridized carbons (Fsp3) is 0.533. The molecule has 2 saturated heterocycles. The van der Waals surface area contributed by atoms with E-state index >= 15 is 0 Å². The standard InChI is InChI=1S/C15H20N2O4S/c1-16-14(18)15-8-10-21-13(15)7-9-17(11-15)22(19,20)12-5-3-2-4-6-12/h2-6,13H,7-11H2,1H3,(H,16,18)/t13-,15-/m1/s1. The number of rotatable bonds is 3. The topological polar surface area (TPSA) is 75.7 Å². The highest BCUT2D eigenvalue weighted by Gasteiger charge is 2.54. The van der Waals surface area contributed by atoms with E-state index in [2.05, 4.69) is 5.32 Å². The summed E-state index contributed by atoms with van der Waals surface area (Å²) >= 11 is 0. The highest BCUT2D eigenvalue weighted by molar-refractivity contribution is 7.89. The molecule has 3 rings (SSSR count). The van der Waals surface area contributed by atoms with Crippen molar-refractivity contribution in [2.24, 2.45) is 5.41 Å². The summed E-state index contributed by atoms with van der Waals surface area (Å²) in [5, 5.41) is 2.67. The van der Waals surface area contributed by atoms with Crippen molar-refractivity contribution in [3.05, 3.63) is 30.3 Å². The lowest BCUT2D eigenvalue weighted by Crippen LogP contribution is -2.57. The Hall–Kier alpha value is -1.44. The van der Waals surface area contributed by atoms with E-state index in [9.17, 15) is 13.2 Å². The Labute approximate surface area is 130 Å². The number of fused-ring (bicyclic) bond motifs is 1. The van der Waals surface area contributed by atoms with Gasteiger partial charge in [-0.25, -0.2) is 8.42 Å². The summed E-state index contributed by atoms with van der Waals surface area (Å²) in [7, 11) is -2.00. The van der Waals surface area contributed by atoms with Crippen molar-refractivity contribution in [2.45, 2.75) is 23.8 Å². The van der Waals surface area contributed by atoms with Crippen LogP contribution in [0.1, 0.15) is 12.8 Å². The largest absolute Gasteiger partial charge is 0.377 e. The molecule has 2 aliphatic rings. The second-order valence-corrected chi connectivity index (χ2v) is 7.72. The average molecular weight is 324 g/mol. The predicted octanol–water partition coefficient (Wildman–Crippen LogP) is 0.602. The molecule has 120 valence electrons. The molecule has 22 heavy (non-hydrogen) atoms. The summed E-state index contributed by atoms with van der Waals surface area (Å²) in [4.78, 5) is 12.6. The molecular weight excluding hydrogens is 304 g/mol. The van der Waals surface area contributed by atoms with E-state index in [1.807, 2.05) is 0 Å². The fourth-order valence-corrected chi connectivity index (χ4v) is 4.97. The van der Waals surface area contributed by atoms with Crippen LogP contribution in [0.4, 0.5) is 0 Å². The first kappa shape index (κ1) is 15.5. The first-order valence-corrected chi connectivity index (χ1v) is 8.84. The number of piperidine rings is 1. The highest BCUT2D eigenvalue weighted by Crippen LogP contribution is 2.42. The summed E-state index contributed by atoms with van der Waals surface area (Å²) < 4.78 is 32.7. The number of nitrogens with one attached hydrogen (secondary N) is 1. The van der Waals surface area contributed by atoms with E-state index in [4.69, 9.17) is 4.74 Å². The maximum Gasteiger partial charge on any atom is 0.243 e. The van der Waals surface area contributed by atoms with Crippen LogP contribution < -0.4 is 5.32 Å². The molecule has 1 aromatic carbocycles. The second kappa shape index (κ2) is 5.64. The zero-order valence-corrected chi connectivity index (χ0v) is 13.3. The molecule has 0 spiro atoms. The minimum atomic E-state index is -3.58. The molecule has 2 aliphatic heterocycles. The molecule has 1 N–H and O–H groups in total. The van der Waals surface area contributed by atoms with E-state index in [0.717, 1.165) is 0 Å². The molecule has 7 heteroatoms. The van der Waals surface area contributed by atoms with Crippen molar-refractivity contribution < 1.29 is 17.9 Å². The molecule has 0 bridgehead atoms. The van der Waals surface area contributed by atoms with Gasteiger partial charge in [-0.05, 0) is 25.0 Å². The lowest BCUT2D eigenvalue weighted by Gasteiger charge is -2.41. The van der Waals surface area contributed by atoms with Crippen molar-refractivity contribution in [3.8, 4) is 0 Å². The normalized spacial score (nSPS) is 29.0. The highest BCUT2D eigenvalue weighted by atomic mass is 32.2. The van der Waals surface area contributed by atoms with Gasteiger partial charge in [-0.15, -0.1) is 0 Å². The summed E-state index contributed by atoms with van der Waals surface area (Å²) in [5.41, 5.74) is -0.769. The van der Waals surface area contributed by atoms with Gasteiger partial charge in [0.15, 0.2) is 0 Å². The molecule has 2 heterocycles. The van der Waals surface area contributed by atoms with E-state index in [1.165, 1.54) is 4.31 Å². The van der Waals surface area contributed by atoms with Gasteiger partial charge in [0.25, 0.3) is 0 Å². The zero-order chi connectivity index (χ0) is 15.8. The third-order valence-electron chi connectivity index (χ3n) is 4.64. The predicted molar refractivity (Wildman–Crippen MR) is 80.7 cm³/mol. The van der Waals surface area contributed by atoms with Crippen molar-refractivity contribution >= 4 is 15.9 Å². The van der Waals surface area contributed by atoms with Gasteiger partial charge in [0.05, 0.1) is 16.4 Å². The number of nitrogens with zero attached hydrogens (tertiary/aromatic N) is 1. The Morgan fingerprint density at radius 2 is 2.09 bits per heavy atom. The maximum atomic E-state index is 12.8. The molecule has 1 amide bonds. The molecule has 2 fully saturated rings. The molecule has 2 atom stereocenters. The Kier molecular flexibility index (Phi) is 3.96.